The predicted molar refractivity (Wildman–Crippen MR) is 36.6 cm³/mol. The van der Waals surface area contributed by atoms with Crippen LogP contribution in [0.15, 0.2) is 0 Å². The van der Waals surface area contributed by atoms with Crippen molar-refractivity contribution in [2.75, 3.05) is 7.11 Å². The van der Waals surface area contributed by atoms with Gasteiger partial charge < -0.3 is 24.2 Å². The lowest BCUT2D eigenvalue weighted by Crippen LogP contribution is -2.47. The SMILES string of the molecule is CCC(N)O[Si](O)(O)OC. The summed E-state index contributed by atoms with van der Waals surface area (Å²) in [5.41, 5.74) is 5.25. The van der Waals surface area contributed by atoms with Gasteiger partial charge in [0.2, 0.25) is 0 Å². The molecule has 0 bridgehead atoms. The van der Waals surface area contributed by atoms with Crippen LogP contribution in [0.5, 0.6) is 0 Å². The molecule has 0 radical (unpaired) electrons. The Balaban J connectivity index is 3.64. The minimum Gasteiger partial charge on any atom is -0.367 e. The molecule has 0 aromatic heterocycles. The van der Waals surface area contributed by atoms with Gasteiger partial charge in [0.1, 0.15) is 6.23 Å². The highest BCUT2D eigenvalue weighted by atomic mass is 28.4. The Morgan fingerprint density at radius 2 is 2.10 bits per heavy atom. The van der Waals surface area contributed by atoms with Gasteiger partial charge in [-0.1, -0.05) is 6.92 Å². The van der Waals surface area contributed by atoms with Gasteiger partial charge in [-0.05, 0) is 6.42 Å². The Morgan fingerprint density at radius 1 is 1.60 bits per heavy atom. The molecule has 0 spiro atoms. The van der Waals surface area contributed by atoms with Crippen LogP contribution in [0.1, 0.15) is 13.3 Å². The minimum absolute atomic E-state index is 0.513. The van der Waals surface area contributed by atoms with Crippen LogP contribution in [-0.2, 0) is 8.85 Å². The Hall–Kier alpha value is 0.0169. The van der Waals surface area contributed by atoms with Crippen molar-refractivity contribution in [1.82, 2.24) is 0 Å². The van der Waals surface area contributed by atoms with Crippen molar-refractivity contribution >= 4 is 9.05 Å². The fourth-order valence-corrected chi connectivity index (χ4v) is 0.986. The van der Waals surface area contributed by atoms with Gasteiger partial charge in [-0.2, -0.15) is 0 Å². The van der Waals surface area contributed by atoms with Crippen molar-refractivity contribution in [3.8, 4) is 0 Å². The molecular weight excluding hydrogens is 154 g/mol. The summed E-state index contributed by atoms with van der Waals surface area (Å²) in [4.78, 5) is 17.6. The average Bonchev–Trinajstić information content (AvgIpc) is 1.87. The fraction of sp³-hybridized carbons (Fsp3) is 1.00. The summed E-state index contributed by atoms with van der Waals surface area (Å²) in [5.74, 6) is 0. The first-order valence-corrected chi connectivity index (χ1v) is 4.66. The minimum atomic E-state index is -3.89. The zero-order valence-electron chi connectivity index (χ0n) is 6.07. The summed E-state index contributed by atoms with van der Waals surface area (Å²) in [6.07, 6.45) is -0.152. The molecule has 0 aromatic carbocycles. The lowest BCUT2D eigenvalue weighted by molar-refractivity contribution is 0.00792. The van der Waals surface area contributed by atoms with Gasteiger partial charge in [0, 0.05) is 7.11 Å². The van der Waals surface area contributed by atoms with E-state index in [9.17, 15) is 0 Å². The Labute approximate surface area is 60.9 Å². The molecule has 0 heterocycles. The average molecular weight is 167 g/mol. The van der Waals surface area contributed by atoms with E-state index in [0.29, 0.717) is 6.42 Å². The highest BCUT2D eigenvalue weighted by molar-refractivity contribution is 6.50. The summed E-state index contributed by atoms with van der Waals surface area (Å²) in [6, 6.07) is 0. The highest BCUT2D eigenvalue weighted by Gasteiger charge is 2.36. The second-order valence-corrected chi connectivity index (χ2v) is 3.56. The van der Waals surface area contributed by atoms with Gasteiger partial charge in [0.05, 0.1) is 0 Å². The van der Waals surface area contributed by atoms with E-state index >= 15 is 0 Å². The van der Waals surface area contributed by atoms with E-state index in [1.165, 1.54) is 0 Å². The second kappa shape index (κ2) is 4.01. The van der Waals surface area contributed by atoms with E-state index in [1.54, 1.807) is 6.92 Å². The van der Waals surface area contributed by atoms with Crippen molar-refractivity contribution in [1.29, 1.82) is 0 Å². The van der Waals surface area contributed by atoms with Crippen molar-refractivity contribution in [3.63, 3.8) is 0 Å². The van der Waals surface area contributed by atoms with Gasteiger partial charge in [-0.3, -0.25) is 0 Å². The molecule has 0 aromatic rings. The summed E-state index contributed by atoms with van der Waals surface area (Å²) < 4.78 is 8.80. The molecule has 0 rings (SSSR count). The van der Waals surface area contributed by atoms with Crippen LogP contribution in [0.2, 0.25) is 0 Å². The van der Waals surface area contributed by atoms with E-state index < -0.39 is 15.3 Å². The third kappa shape index (κ3) is 3.93. The fourth-order valence-electron chi connectivity index (χ4n) is 0.329. The Bertz CT molecular complexity index is 99.3. The van der Waals surface area contributed by atoms with Crippen LogP contribution < -0.4 is 5.73 Å². The molecule has 0 aliphatic carbocycles. The van der Waals surface area contributed by atoms with Gasteiger partial charge in [-0.25, -0.2) is 0 Å². The van der Waals surface area contributed by atoms with Gasteiger partial charge in [-0.15, -0.1) is 0 Å². The van der Waals surface area contributed by atoms with Crippen molar-refractivity contribution in [2.24, 2.45) is 5.73 Å². The third-order valence-electron chi connectivity index (χ3n) is 0.973. The number of nitrogens with two attached hydrogens (primary N) is 1. The zero-order chi connectivity index (χ0) is 8.20. The van der Waals surface area contributed by atoms with E-state index in [4.69, 9.17) is 15.3 Å². The van der Waals surface area contributed by atoms with Crippen molar-refractivity contribution in [3.05, 3.63) is 0 Å². The number of rotatable bonds is 4. The normalized spacial score (nSPS) is 15.3. The number of hydrogen-bond donors (Lipinski definition) is 3. The maximum absolute atomic E-state index is 8.79. The molecule has 62 valence electrons. The zero-order valence-corrected chi connectivity index (χ0v) is 7.07. The van der Waals surface area contributed by atoms with Crippen LogP contribution >= 0.6 is 0 Å². The molecule has 0 aliphatic heterocycles. The van der Waals surface area contributed by atoms with Crippen LogP contribution in [0.4, 0.5) is 0 Å². The van der Waals surface area contributed by atoms with E-state index in [0.717, 1.165) is 7.11 Å². The predicted octanol–water partition coefficient (Wildman–Crippen LogP) is -1.24. The van der Waals surface area contributed by atoms with Gasteiger partial charge in [0.15, 0.2) is 0 Å². The summed E-state index contributed by atoms with van der Waals surface area (Å²) in [7, 11) is -2.73. The molecule has 1 unspecified atom stereocenters. The third-order valence-corrected chi connectivity index (χ3v) is 2.11. The first-order valence-electron chi connectivity index (χ1n) is 2.95. The summed E-state index contributed by atoms with van der Waals surface area (Å²) in [6.45, 7) is 1.77. The molecule has 0 amide bonds. The maximum atomic E-state index is 8.79. The van der Waals surface area contributed by atoms with Crippen molar-refractivity contribution in [2.45, 2.75) is 19.6 Å². The van der Waals surface area contributed by atoms with Crippen LogP contribution in [-0.4, -0.2) is 32.0 Å². The standard InChI is InChI=1S/C4H13NO4Si/c1-3-4(5)9-10(6,7)8-2/h4,6-7H,3,5H2,1-2H3. The van der Waals surface area contributed by atoms with E-state index in [2.05, 4.69) is 8.85 Å². The molecule has 5 nitrogen and oxygen atoms in total. The Morgan fingerprint density at radius 3 is 2.40 bits per heavy atom. The second-order valence-electron chi connectivity index (χ2n) is 1.82. The molecule has 0 fully saturated rings. The first-order chi connectivity index (χ1) is 4.52. The molecule has 0 aliphatic rings. The molecule has 1 atom stereocenters. The molecule has 0 saturated heterocycles. The quantitative estimate of drug-likeness (QED) is 0.360. The molecule has 6 heteroatoms. The molecule has 4 N–H and O–H groups in total. The van der Waals surface area contributed by atoms with Crippen LogP contribution in [0, 0.1) is 0 Å². The Kier molecular flexibility index (Phi) is 4.02. The van der Waals surface area contributed by atoms with Crippen molar-refractivity contribution < 1.29 is 18.4 Å². The van der Waals surface area contributed by atoms with Gasteiger partial charge in [0.25, 0.3) is 0 Å². The molecular formula is C4H13NO4Si. The topological polar surface area (TPSA) is 84.9 Å². The maximum Gasteiger partial charge on any atom is 0.675 e. The first kappa shape index (κ1) is 10.0. The smallest absolute Gasteiger partial charge is 0.367 e. The summed E-state index contributed by atoms with van der Waals surface area (Å²) in [5, 5.41) is 0. The van der Waals surface area contributed by atoms with E-state index in [1.807, 2.05) is 0 Å². The number of hydrogen-bond acceptors (Lipinski definition) is 5. The van der Waals surface area contributed by atoms with E-state index in [-0.39, 0.29) is 0 Å². The molecule has 10 heavy (non-hydrogen) atoms. The van der Waals surface area contributed by atoms with Crippen LogP contribution in [0.3, 0.4) is 0 Å². The lowest BCUT2D eigenvalue weighted by atomic mass is 10.5. The van der Waals surface area contributed by atoms with Crippen LogP contribution in [0.25, 0.3) is 0 Å². The monoisotopic (exact) mass is 167 g/mol. The van der Waals surface area contributed by atoms with Gasteiger partial charge >= 0.3 is 9.05 Å². The largest absolute Gasteiger partial charge is 0.675 e. The molecule has 0 saturated carbocycles. The summed E-state index contributed by atoms with van der Waals surface area (Å²) >= 11 is 0. The highest BCUT2D eigenvalue weighted by Crippen LogP contribution is 2.00. The lowest BCUT2D eigenvalue weighted by Gasteiger charge is -2.18.